The molecule has 0 atom stereocenters. The molecule has 4 aromatic rings. The minimum absolute atomic E-state index is 0.0218. The molecule has 0 bridgehead atoms. The summed E-state index contributed by atoms with van der Waals surface area (Å²) >= 11 is 14.1. The predicted octanol–water partition coefficient (Wildman–Crippen LogP) is 8.08. The number of carbonyl (C=O) groups is 1. The lowest BCUT2D eigenvalue weighted by Crippen LogP contribution is -2.02. The second-order valence-corrected chi connectivity index (χ2v) is 10.3. The number of rotatable bonds is 11. The van der Waals surface area contributed by atoms with E-state index >= 15 is 0 Å². The Bertz CT molecular complexity index is 1320. The molecule has 0 radical (unpaired) electrons. The van der Waals surface area contributed by atoms with Gasteiger partial charge in [0.05, 0.1) is 23.6 Å². The maximum Gasteiger partial charge on any atom is 0.307 e. The fourth-order valence-corrected chi connectivity index (χ4v) is 5.34. The molecule has 0 aliphatic carbocycles. The van der Waals surface area contributed by atoms with E-state index in [-0.39, 0.29) is 6.42 Å². The second kappa shape index (κ2) is 11.9. The van der Waals surface area contributed by atoms with E-state index in [1.807, 2.05) is 36.4 Å². The molecule has 182 valence electrons. The highest BCUT2D eigenvalue weighted by molar-refractivity contribution is 7.99. The number of aliphatic carboxylic acids is 1. The Kier molecular flexibility index (Phi) is 8.66. The molecule has 1 heterocycles. The summed E-state index contributed by atoms with van der Waals surface area (Å²) in [5, 5.41) is 11.4. The minimum atomic E-state index is -0.860. The van der Waals surface area contributed by atoms with Crippen LogP contribution in [0.5, 0.6) is 5.75 Å². The van der Waals surface area contributed by atoms with Crippen LogP contribution in [0.2, 0.25) is 10.0 Å². The van der Waals surface area contributed by atoms with Gasteiger partial charge in [-0.15, -0.1) is 11.8 Å². The van der Waals surface area contributed by atoms with Crippen LogP contribution in [0.25, 0.3) is 16.6 Å². The fourth-order valence-electron chi connectivity index (χ4n) is 4.00. The molecule has 0 aliphatic heterocycles. The number of hydrogen-bond acceptors (Lipinski definition) is 3. The van der Waals surface area contributed by atoms with Crippen LogP contribution in [0.3, 0.4) is 0 Å². The maximum atomic E-state index is 10.9. The number of benzene rings is 3. The Morgan fingerprint density at radius 1 is 1.06 bits per heavy atom. The molecular weight excluding hydrogens is 501 g/mol. The summed E-state index contributed by atoms with van der Waals surface area (Å²) in [6, 6.07) is 19.8. The van der Waals surface area contributed by atoms with Crippen LogP contribution in [-0.4, -0.2) is 28.0 Å². The predicted molar refractivity (Wildman–Crippen MR) is 146 cm³/mol. The van der Waals surface area contributed by atoms with Crippen LogP contribution in [0.1, 0.15) is 30.9 Å². The zero-order valence-corrected chi connectivity index (χ0v) is 21.8. The van der Waals surface area contributed by atoms with Gasteiger partial charge in [-0.05, 0) is 78.6 Å². The standard InChI is InChI=1S/C28H27Cl2NO3S/c1-2-4-21-17-25-20(11-12-31(25)23-8-6-22(29)7-9-23)18-26(21)34-13-3-14-35-27-10-5-19(15-24(27)30)16-28(32)33/h5-12,15,17-18H,2-4,13-14,16H2,1H3,(H,32,33). The highest BCUT2D eigenvalue weighted by Crippen LogP contribution is 2.31. The van der Waals surface area contributed by atoms with Crippen LogP contribution < -0.4 is 4.74 Å². The zero-order valence-electron chi connectivity index (χ0n) is 19.5. The molecule has 1 N–H and O–H groups in total. The van der Waals surface area contributed by atoms with Crippen molar-refractivity contribution in [1.29, 1.82) is 0 Å². The van der Waals surface area contributed by atoms with Gasteiger partial charge in [0.2, 0.25) is 0 Å². The molecule has 0 saturated heterocycles. The van der Waals surface area contributed by atoms with Gasteiger partial charge in [-0.3, -0.25) is 4.79 Å². The number of carboxylic acid groups (broad SMARTS) is 1. The first-order valence-corrected chi connectivity index (χ1v) is 13.3. The molecule has 0 fully saturated rings. The monoisotopic (exact) mass is 527 g/mol. The zero-order chi connectivity index (χ0) is 24.8. The third-order valence-electron chi connectivity index (χ3n) is 5.65. The van der Waals surface area contributed by atoms with E-state index < -0.39 is 5.97 Å². The van der Waals surface area contributed by atoms with Crippen molar-refractivity contribution >= 4 is 51.8 Å². The summed E-state index contributed by atoms with van der Waals surface area (Å²) in [5.74, 6) is 0.936. The Morgan fingerprint density at radius 2 is 1.86 bits per heavy atom. The summed E-state index contributed by atoms with van der Waals surface area (Å²) in [6.07, 6.45) is 4.91. The summed E-state index contributed by atoms with van der Waals surface area (Å²) in [4.78, 5) is 11.8. The Morgan fingerprint density at radius 3 is 2.57 bits per heavy atom. The molecule has 1 aromatic heterocycles. The number of fused-ring (bicyclic) bond motifs is 1. The molecule has 0 spiro atoms. The second-order valence-electron chi connectivity index (χ2n) is 8.32. The minimum Gasteiger partial charge on any atom is -0.493 e. The molecular formula is C28H27Cl2NO3S. The van der Waals surface area contributed by atoms with Crippen molar-refractivity contribution in [2.75, 3.05) is 12.4 Å². The highest BCUT2D eigenvalue weighted by atomic mass is 35.5. The summed E-state index contributed by atoms with van der Waals surface area (Å²) in [5.41, 5.74) is 4.14. The molecule has 0 saturated carbocycles. The van der Waals surface area contributed by atoms with Crippen molar-refractivity contribution < 1.29 is 14.6 Å². The number of aryl methyl sites for hydroxylation is 1. The van der Waals surface area contributed by atoms with E-state index in [9.17, 15) is 4.79 Å². The largest absolute Gasteiger partial charge is 0.493 e. The lowest BCUT2D eigenvalue weighted by molar-refractivity contribution is -0.136. The Balaban J connectivity index is 1.39. The normalized spacial score (nSPS) is 11.2. The molecule has 0 unspecified atom stereocenters. The molecule has 35 heavy (non-hydrogen) atoms. The van der Waals surface area contributed by atoms with Gasteiger partial charge in [0, 0.05) is 32.9 Å². The number of hydrogen-bond donors (Lipinski definition) is 1. The van der Waals surface area contributed by atoms with Crippen LogP contribution in [-0.2, 0) is 17.6 Å². The number of halogens is 2. The van der Waals surface area contributed by atoms with Gasteiger partial charge in [0.25, 0.3) is 0 Å². The van der Waals surface area contributed by atoms with E-state index in [4.69, 9.17) is 33.0 Å². The van der Waals surface area contributed by atoms with Gasteiger partial charge in [-0.2, -0.15) is 0 Å². The number of thioether (sulfide) groups is 1. The van der Waals surface area contributed by atoms with Gasteiger partial charge < -0.3 is 14.4 Å². The topological polar surface area (TPSA) is 51.5 Å². The average molecular weight is 529 g/mol. The number of nitrogens with zero attached hydrogens (tertiary/aromatic N) is 1. The van der Waals surface area contributed by atoms with Gasteiger partial charge in [-0.25, -0.2) is 0 Å². The van der Waals surface area contributed by atoms with Crippen molar-refractivity contribution in [2.45, 2.75) is 37.5 Å². The average Bonchev–Trinajstić information content (AvgIpc) is 3.23. The van der Waals surface area contributed by atoms with Crippen molar-refractivity contribution in [3.05, 3.63) is 88.0 Å². The molecule has 7 heteroatoms. The van der Waals surface area contributed by atoms with Crippen LogP contribution in [0.15, 0.2) is 71.8 Å². The van der Waals surface area contributed by atoms with E-state index in [1.54, 1.807) is 17.8 Å². The lowest BCUT2D eigenvalue weighted by Gasteiger charge is -2.13. The highest BCUT2D eigenvalue weighted by Gasteiger charge is 2.11. The Labute approximate surface area is 219 Å². The molecule has 0 aliphatic rings. The molecule has 0 amide bonds. The first kappa shape index (κ1) is 25.5. The van der Waals surface area contributed by atoms with E-state index in [1.165, 1.54) is 5.56 Å². The number of ether oxygens (including phenoxy) is 1. The smallest absolute Gasteiger partial charge is 0.307 e. The van der Waals surface area contributed by atoms with Crippen LogP contribution >= 0.6 is 35.0 Å². The van der Waals surface area contributed by atoms with E-state index in [0.29, 0.717) is 17.2 Å². The quantitative estimate of drug-likeness (QED) is 0.158. The van der Waals surface area contributed by atoms with Crippen LogP contribution in [0.4, 0.5) is 0 Å². The molecule has 4 nitrogen and oxygen atoms in total. The number of aromatic nitrogens is 1. The Hall–Kier alpha value is -2.60. The summed E-state index contributed by atoms with van der Waals surface area (Å²) in [7, 11) is 0. The third kappa shape index (κ3) is 6.54. The number of carboxylic acids is 1. The van der Waals surface area contributed by atoms with Gasteiger partial charge >= 0.3 is 5.97 Å². The third-order valence-corrected chi connectivity index (χ3v) is 7.49. The van der Waals surface area contributed by atoms with Crippen molar-refractivity contribution in [2.24, 2.45) is 0 Å². The molecule has 4 rings (SSSR count). The van der Waals surface area contributed by atoms with Gasteiger partial charge in [0.15, 0.2) is 0 Å². The summed E-state index contributed by atoms with van der Waals surface area (Å²) in [6.45, 7) is 2.79. The van der Waals surface area contributed by atoms with Crippen molar-refractivity contribution in [3.63, 3.8) is 0 Å². The maximum absolute atomic E-state index is 10.9. The SMILES string of the molecule is CCCc1cc2c(ccn2-c2ccc(Cl)cc2)cc1OCCCSc1ccc(CC(=O)O)cc1Cl. The van der Waals surface area contributed by atoms with Crippen molar-refractivity contribution in [1.82, 2.24) is 4.57 Å². The first-order valence-electron chi connectivity index (χ1n) is 11.6. The van der Waals surface area contributed by atoms with Crippen LogP contribution in [0, 0.1) is 0 Å². The van der Waals surface area contributed by atoms with E-state index in [2.05, 4.69) is 35.9 Å². The molecule has 3 aromatic carbocycles. The first-order chi connectivity index (χ1) is 16.9. The van der Waals surface area contributed by atoms with Gasteiger partial charge in [-0.1, -0.05) is 42.6 Å². The van der Waals surface area contributed by atoms with Crippen molar-refractivity contribution in [3.8, 4) is 11.4 Å². The van der Waals surface area contributed by atoms with Gasteiger partial charge in [0.1, 0.15) is 5.75 Å². The lowest BCUT2D eigenvalue weighted by atomic mass is 10.1. The summed E-state index contributed by atoms with van der Waals surface area (Å²) < 4.78 is 8.40. The fraction of sp³-hybridized carbons (Fsp3) is 0.250. The van der Waals surface area contributed by atoms with E-state index in [0.717, 1.165) is 57.3 Å².